The lowest BCUT2D eigenvalue weighted by atomic mass is 10.1. The van der Waals surface area contributed by atoms with Gasteiger partial charge in [0.1, 0.15) is 5.84 Å². The highest BCUT2D eigenvalue weighted by molar-refractivity contribution is 5.84. The lowest BCUT2D eigenvalue weighted by Crippen LogP contribution is -2.12. The van der Waals surface area contributed by atoms with Gasteiger partial charge in [-0.05, 0) is 24.1 Å². The third-order valence-electron chi connectivity index (χ3n) is 2.67. The zero-order valence-corrected chi connectivity index (χ0v) is 9.47. The van der Waals surface area contributed by atoms with Gasteiger partial charge in [0, 0.05) is 19.4 Å². The van der Waals surface area contributed by atoms with Crippen LogP contribution < -0.4 is 10.7 Å². The molecule has 1 heterocycles. The number of rotatable bonds is 4. The number of carbonyl (C=O) groups is 1. The lowest BCUT2D eigenvalue weighted by molar-refractivity contribution is -0.136. The third kappa shape index (κ3) is 2.96. The number of hydrogen-bond acceptors (Lipinski definition) is 4. The Morgan fingerprint density at radius 3 is 3.00 bits per heavy atom. The van der Waals surface area contributed by atoms with Crippen molar-refractivity contribution >= 4 is 17.5 Å². The Balaban J connectivity index is 2.09. The van der Waals surface area contributed by atoms with E-state index in [1.807, 2.05) is 29.3 Å². The van der Waals surface area contributed by atoms with Gasteiger partial charge in [0.05, 0.1) is 5.69 Å². The van der Waals surface area contributed by atoms with Crippen molar-refractivity contribution in [1.29, 1.82) is 0 Å². The van der Waals surface area contributed by atoms with Crippen molar-refractivity contribution in [2.24, 2.45) is 10.8 Å². The Labute approximate surface area is 99.5 Å². The van der Waals surface area contributed by atoms with Gasteiger partial charge in [-0.2, -0.15) is 5.10 Å². The summed E-state index contributed by atoms with van der Waals surface area (Å²) in [6.45, 7) is 0.786. The summed E-state index contributed by atoms with van der Waals surface area (Å²) in [7, 11) is 0. The Hall–Kier alpha value is -2.04. The van der Waals surface area contributed by atoms with Gasteiger partial charge in [-0.25, -0.2) is 0 Å². The maximum Gasteiger partial charge on any atom is 0.303 e. The van der Waals surface area contributed by atoms with Crippen molar-refractivity contribution in [3.8, 4) is 0 Å². The number of aliphatic carboxylic acids is 1. The van der Waals surface area contributed by atoms with Gasteiger partial charge in [0.15, 0.2) is 0 Å². The van der Waals surface area contributed by atoms with E-state index >= 15 is 0 Å². The first-order valence-electron chi connectivity index (χ1n) is 5.56. The highest BCUT2D eigenvalue weighted by atomic mass is 16.4. The largest absolute Gasteiger partial charge is 0.481 e. The number of benzene rings is 1. The molecule has 0 bridgehead atoms. The minimum absolute atomic E-state index is 0.148. The molecule has 1 aromatic rings. The molecule has 3 N–H and O–H groups in total. The number of nitrogens with zero attached hydrogens (tertiary/aromatic N) is 2. The molecule has 2 rings (SSSR count). The molecule has 1 aliphatic rings. The van der Waals surface area contributed by atoms with Crippen molar-refractivity contribution in [3.63, 3.8) is 0 Å². The van der Waals surface area contributed by atoms with Crippen LogP contribution in [0.5, 0.6) is 0 Å². The maximum absolute atomic E-state index is 10.5. The van der Waals surface area contributed by atoms with E-state index in [2.05, 4.69) is 5.10 Å². The summed E-state index contributed by atoms with van der Waals surface area (Å²) in [6, 6.07) is 7.75. The molecule has 1 aromatic carbocycles. The molecule has 0 spiro atoms. The molecule has 0 radical (unpaired) electrons. The van der Waals surface area contributed by atoms with Crippen LogP contribution in [0.15, 0.2) is 29.4 Å². The molecule has 90 valence electrons. The topological polar surface area (TPSA) is 78.9 Å². The van der Waals surface area contributed by atoms with Crippen LogP contribution in [0.1, 0.15) is 18.4 Å². The standard InChI is InChI=1S/C12H15N3O2/c13-11-6-7-15(14-11)10-3-1-2-9(8-10)4-5-12(16)17/h1-3,8H,4-7H2,(H2,13,14)(H,16,17). The first-order chi connectivity index (χ1) is 8.15. The average molecular weight is 233 g/mol. The second-order valence-corrected chi connectivity index (χ2v) is 4.03. The molecule has 0 amide bonds. The number of carboxylic acids is 1. The van der Waals surface area contributed by atoms with Gasteiger partial charge < -0.3 is 10.8 Å². The van der Waals surface area contributed by atoms with Crippen molar-refractivity contribution in [1.82, 2.24) is 0 Å². The molecule has 17 heavy (non-hydrogen) atoms. The van der Waals surface area contributed by atoms with Crippen molar-refractivity contribution in [2.75, 3.05) is 11.6 Å². The van der Waals surface area contributed by atoms with E-state index in [-0.39, 0.29) is 6.42 Å². The zero-order chi connectivity index (χ0) is 12.3. The summed E-state index contributed by atoms with van der Waals surface area (Å²) in [4.78, 5) is 10.5. The molecule has 0 fully saturated rings. The molecule has 5 nitrogen and oxygen atoms in total. The summed E-state index contributed by atoms with van der Waals surface area (Å²) >= 11 is 0. The maximum atomic E-state index is 10.5. The van der Waals surface area contributed by atoms with E-state index in [4.69, 9.17) is 10.8 Å². The van der Waals surface area contributed by atoms with E-state index in [9.17, 15) is 4.79 Å². The number of nitrogens with two attached hydrogens (primary N) is 1. The Morgan fingerprint density at radius 2 is 2.35 bits per heavy atom. The monoisotopic (exact) mass is 233 g/mol. The number of aryl methyl sites for hydroxylation is 1. The predicted octanol–water partition coefficient (Wildman–Crippen LogP) is 1.19. The van der Waals surface area contributed by atoms with E-state index < -0.39 is 5.97 Å². The summed E-state index contributed by atoms with van der Waals surface area (Å²) < 4.78 is 0. The van der Waals surface area contributed by atoms with Crippen LogP contribution in [0.25, 0.3) is 0 Å². The fraction of sp³-hybridized carbons (Fsp3) is 0.333. The number of hydrazone groups is 1. The van der Waals surface area contributed by atoms with Gasteiger partial charge in [0.2, 0.25) is 0 Å². The summed E-state index contributed by atoms with van der Waals surface area (Å²) in [6.07, 6.45) is 1.46. The Kier molecular flexibility index (Phi) is 3.27. The van der Waals surface area contributed by atoms with Crippen molar-refractivity contribution in [3.05, 3.63) is 29.8 Å². The van der Waals surface area contributed by atoms with Gasteiger partial charge in [-0.3, -0.25) is 9.80 Å². The van der Waals surface area contributed by atoms with Gasteiger partial charge in [-0.1, -0.05) is 12.1 Å². The Morgan fingerprint density at radius 1 is 1.53 bits per heavy atom. The molecule has 1 aliphatic heterocycles. The van der Waals surface area contributed by atoms with E-state index in [0.29, 0.717) is 12.3 Å². The fourth-order valence-corrected chi connectivity index (χ4v) is 1.79. The third-order valence-corrected chi connectivity index (χ3v) is 2.67. The SMILES string of the molecule is NC1=NN(c2cccc(CCC(=O)O)c2)CC1. The van der Waals surface area contributed by atoms with E-state index in [1.54, 1.807) is 0 Å². The van der Waals surface area contributed by atoms with Gasteiger partial charge >= 0.3 is 5.97 Å². The van der Waals surface area contributed by atoms with Crippen LogP contribution >= 0.6 is 0 Å². The molecule has 0 atom stereocenters. The molecule has 0 unspecified atom stereocenters. The first-order valence-corrected chi connectivity index (χ1v) is 5.56. The first kappa shape index (κ1) is 11.4. The normalized spacial score (nSPS) is 14.8. The lowest BCUT2D eigenvalue weighted by Gasteiger charge is -2.14. The number of anilines is 1. The van der Waals surface area contributed by atoms with E-state index in [1.165, 1.54) is 0 Å². The average Bonchev–Trinajstić information content (AvgIpc) is 2.74. The van der Waals surface area contributed by atoms with Crippen LogP contribution in [-0.2, 0) is 11.2 Å². The van der Waals surface area contributed by atoms with Crippen LogP contribution in [-0.4, -0.2) is 23.5 Å². The number of amidine groups is 1. The van der Waals surface area contributed by atoms with Crippen LogP contribution in [0, 0.1) is 0 Å². The molecule has 0 saturated heterocycles. The summed E-state index contributed by atoms with van der Waals surface area (Å²) in [5.41, 5.74) is 7.60. The van der Waals surface area contributed by atoms with Crippen molar-refractivity contribution in [2.45, 2.75) is 19.3 Å². The second kappa shape index (κ2) is 4.86. The summed E-state index contributed by atoms with van der Waals surface area (Å²) in [5, 5.41) is 14.7. The quantitative estimate of drug-likeness (QED) is 0.818. The second-order valence-electron chi connectivity index (χ2n) is 4.03. The molecular weight excluding hydrogens is 218 g/mol. The van der Waals surface area contributed by atoms with E-state index in [0.717, 1.165) is 24.2 Å². The highest BCUT2D eigenvalue weighted by Crippen LogP contribution is 2.20. The number of carboxylic acid groups (broad SMARTS) is 1. The van der Waals surface area contributed by atoms with Crippen LogP contribution in [0.3, 0.4) is 0 Å². The molecule has 0 saturated carbocycles. The Bertz CT molecular complexity index is 457. The molecule has 5 heteroatoms. The zero-order valence-electron chi connectivity index (χ0n) is 9.47. The van der Waals surface area contributed by atoms with Gasteiger partial charge in [-0.15, -0.1) is 0 Å². The van der Waals surface area contributed by atoms with Crippen LogP contribution in [0.2, 0.25) is 0 Å². The number of hydrogen-bond donors (Lipinski definition) is 2. The van der Waals surface area contributed by atoms with Gasteiger partial charge in [0.25, 0.3) is 0 Å². The highest BCUT2D eigenvalue weighted by Gasteiger charge is 2.13. The summed E-state index contributed by atoms with van der Waals surface area (Å²) in [5.74, 6) is -0.139. The van der Waals surface area contributed by atoms with Crippen molar-refractivity contribution < 1.29 is 9.90 Å². The molecule has 0 aliphatic carbocycles. The molecular formula is C12H15N3O2. The minimum atomic E-state index is -0.779. The fourth-order valence-electron chi connectivity index (χ4n) is 1.79. The molecule has 0 aromatic heterocycles. The minimum Gasteiger partial charge on any atom is -0.481 e. The van der Waals surface area contributed by atoms with Crippen LogP contribution in [0.4, 0.5) is 5.69 Å². The predicted molar refractivity (Wildman–Crippen MR) is 66.0 cm³/mol. The smallest absolute Gasteiger partial charge is 0.303 e.